The lowest BCUT2D eigenvalue weighted by molar-refractivity contribution is 0.414. The van der Waals surface area contributed by atoms with E-state index >= 15 is 0 Å². The van der Waals surface area contributed by atoms with Crippen LogP contribution >= 0.6 is 0 Å². The molecule has 3 aromatic rings. The minimum Gasteiger partial charge on any atom is -0.497 e. The highest BCUT2D eigenvalue weighted by Gasteiger charge is 2.33. The van der Waals surface area contributed by atoms with Crippen LogP contribution in [-0.4, -0.2) is 24.8 Å². The molecule has 0 unspecified atom stereocenters. The van der Waals surface area contributed by atoms with Gasteiger partial charge in [0.1, 0.15) is 11.5 Å². The van der Waals surface area contributed by atoms with E-state index in [2.05, 4.69) is 0 Å². The van der Waals surface area contributed by atoms with Gasteiger partial charge in [-0.05, 0) is 47.2 Å². The number of hydrogen-bond donors (Lipinski definition) is 0. The predicted octanol–water partition coefficient (Wildman–Crippen LogP) is 3.78. The van der Waals surface area contributed by atoms with E-state index in [1.54, 1.807) is 14.2 Å². The molecule has 0 fully saturated rings. The van der Waals surface area contributed by atoms with Crippen molar-refractivity contribution in [2.24, 2.45) is 0 Å². The fraction of sp³-hybridized carbons (Fsp3) is 0.105. The molecule has 0 amide bonds. The van der Waals surface area contributed by atoms with Crippen LogP contribution in [0.15, 0.2) is 48.5 Å². The Kier molecular flexibility index (Phi) is 2.70. The van der Waals surface area contributed by atoms with Gasteiger partial charge in [0.15, 0.2) is 0 Å². The SMILES string of the molecule is COc1ccc2c(c1)C(=[OH+])c1ccc3ccc(OC)cc3c1-2. The third-order valence-corrected chi connectivity index (χ3v) is 4.24. The van der Waals surface area contributed by atoms with Gasteiger partial charge in [0.2, 0.25) is 0 Å². The van der Waals surface area contributed by atoms with E-state index in [0.717, 1.165) is 44.5 Å². The molecule has 1 aliphatic carbocycles. The van der Waals surface area contributed by atoms with Crippen molar-refractivity contribution in [3.63, 3.8) is 0 Å². The minimum absolute atomic E-state index is 0.300. The monoisotopic (exact) mass is 291 g/mol. The lowest BCUT2D eigenvalue weighted by Crippen LogP contribution is -1.97. The Labute approximate surface area is 128 Å². The molecule has 0 aromatic heterocycles. The first-order chi connectivity index (χ1) is 10.7. The van der Waals surface area contributed by atoms with Crippen LogP contribution in [0, 0.1) is 0 Å². The van der Waals surface area contributed by atoms with Crippen molar-refractivity contribution in [1.82, 2.24) is 0 Å². The zero-order valence-corrected chi connectivity index (χ0v) is 12.4. The molecule has 0 saturated carbocycles. The van der Waals surface area contributed by atoms with Crippen molar-refractivity contribution >= 4 is 16.6 Å². The van der Waals surface area contributed by atoms with Crippen molar-refractivity contribution < 1.29 is 14.3 Å². The summed E-state index contributed by atoms with van der Waals surface area (Å²) in [6, 6.07) is 15.8. The number of ketones is 1. The molecule has 108 valence electrons. The van der Waals surface area contributed by atoms with E-state index in [0.29, 0.717) is 5.78 Å². The quantitative estimate of drug-likeness (QED) is 0.527. The topological polar surface area (TPSA) is 39.9 Å². The summed E-state index contributed by atoms with van der Waals surface area (Å²) in [5, 5.41) is 2.20. The van der Waals surface area contributed by atoms with E-state index < -0.39 is 0 Å². The predicted molar refractivity (Wildman–Crippen MR) is 87.6 cm³/mol. The van der Waals surface area contributed by atoms with Gasteiger partial charge in [-0.15, -0.1) is 0 Å². The van der Waals surface area contributed by atoms with Gasteiger partial charge in [0.05, 0.1) is 25.3 Å². The highest BCUT2D eigenvalue weighted by Crippen LogP contribution is 2.43. The molecule has 0 heterocycles. The number of benzene rings is 3. The number of rotatable bonds is 2. The second-order valence-electron chi connectivity index (χ2n) is 5.34. The first kappa shape index (κ1) is 12.9. The van der Waals surface area contributed by atoms with Gasteiger partial charge in [0, 0.05) is 11.1 Å². The van der Waals surface area contributed by atoms with Crippen molar-refractivity contribution in [3.05, 3.63) is 59.7 Å². The Balaban J connectivity index is 2.08. The summed E-state index contributed by atoms with van der Waals surface area (Å²) in [7, 11) is 3.29. The van der Waals surface area contributed by atoms with Crippen LogP contribution in [-0.2, 0) is 0 Å². The largest absolute Gasteiger partial charge is 0.497 e. The molecule has 0 saturated heterocycles. The molecule has 0 spiro atoms. The van der Waals surface area contributed by atoms with Crippen LogP contribution in [0.25, 0.3) is 21.9 Å². The second kappa shape index (κ2) is 4.60. The molecule has 4 rings (SSSR count). The van der Waals surface area contributed by atoms with Gasteiger partial charge in [-0.3, -0.25) is 4.79 Å². The third-order valence-electron chi connectivity index (χ3n) is 4.24. The van der Waals surface area contributed by atoms with E-state index in [1.165, 1.54) is 0 Å². The second-order valence-corrected chi connectivity index (χ2v) is 5.34. The van der Waals surface area contributed by atoms with Crippen LogP contribution in [0.4, 0.5) is 0 Å². The number of ether oxygens (including phenoxy) is 2. The molecule has 1 N–H and O–H groups in total. The van der Waals surface area contributed by atoms with E-state index in [-0.39, 0.29) is 0 Å². The molecule has 0 atom stereocenters. The number of carbonyl (C=O) groups excluding carboxylic acids is 1. The van der Waals surface area contributed by atoms with Crippen LogP contribution in [0.5, 0.6) is 11.5 Å². The third kappa shape index (κ3) is 1.65. The van der Waals surface area contributed by atoms with Crippen LogP contribution in [0.2, 0.25) is 0 Å². The molecule has 22 heavy (non-hydrogen) atoms. The Bertz CT molecular complexity index is 925. The molecule has 3 aromatic carbocycles. The summed E-state index contributed by atoms with van der Waals surface area (Å²) in [5.41, 5.74) is 3.73. The molecule has 1 aliphatic rings. The standard InChI is InChI=1S/C19H14O3/c1-21-12-5-3-11-4-7-15-18(16(11)9-12)14-8-6-13(22-2)10-17(14)19(15)20/h3-10H,1-2H3/p+1. The molecular weight excluding hydrogens is 276 g/mol. The zero-order chi connectivity index (χ0) is 15.3. The fourth-order valence-corrected chi connectivity index (χ4v) is 3.12. The number of methoxy groups -OCH3 is 2. The van der Waals surface area contributed by atoms with Gasteiger partial charge >= 0.3 is 5.78 Å². The minimum atomic E-state index is 0.300. The zero-order valence-electron chi connectivity index (χ0n) is 12.4. The van der Waals surface area contributed by atoms with E-state index in [9.17, 15) is 4.79 Å². The molecule has 0 radical (unpaired) electrons. The highest BCUT2D eigenvalue weighted by molar-refractivity contribution is 6.26. The summed E-state index contributed by atoms with van der Waals surface area (Å²) in [6.07, 6.45) is 0. The molecule has 3 heteroatoms. The molecule has 0 bridgehead atoms. The van der Waals surface area contributed by atoms with Gasteiger partial charge in [-0.1, -0.05) is 12.1 Å². The van der Waals surface area contributed by atoms with Crippen molar-refractivity contribution in [2.75, 3.05) is 14.2 Å². The highest BCUT2D eigenvalue weighted by atomic mass is 16.5. The normalized spacial score (nSPS) is 12.2. The average Bonchev–Trinajstić information content (AvgIpc) is 2.87. The average molecular weight is 291 g/mol. The summed E-state index contributed by atoms with van der Waals surface area (Å²) in [4.78, 5) is 10.6. The van der Waals surface area contributed by atoms with Crippen molar-refractivity contribution in [2.45, 2.75) is 0 Å². The van der Waals surface area contributed by atoms with Gasteiger partial charge in [0.25, 0.3) is 0 Å². The maximum atomic E-state index is 10.6. The lowest BCUT2D eigenvalue weighted by atomic mass is 9.97. The number of hydrogen-bond acceptors (Lipinski definition) is 2. The maximum absolute atomic E-state index is 10.6. The summed E-state index contributed by atoms with van der Waals surface area (Å²) in [6.45, 7) is 0. The molecule has 3 nitrogen and oxygen atoms in total. The summed E-state index contributed by atoms with van der Waals surface area (Å²) < 4.78 is 10.6. The Morgan fingerprint density at radius 1 is 0.727 bits per heavy atom. The fourth-order valence-electron chi connectivity index (χ4n) is 3.12. The summed E-state index contributed by atoms with van der Waals surface area (Å²) >= 11 is 0. The first-order valence-electron chi connectivity index (χ1n) is 7.09. The van der Waals surface area contributed by atoms with Crippen LogP contribution in [0.3, 0.4) is 0 Å². The number of fused-ring (bicyclic) bond motifs is 5. The summed E-state index contributed by atoms with van der Waals surface area (Å²) in [5.74, 6) is 1.84. The maximum Gasteiger partial charge on any atom is 0.355 e. The lowest BCUT2D eigenvalue weighted by Gasteiger charge is -2.08. The Hall–Kier alpha value is -2.81. The Morgan fingerprint density at radius 3 is 2.14 bits per heavy atom. The van der Waals surface area contributed by atoms with E-state index in [4.69, 9.17) is 9.47 Å². The smallest absolute Gasteiger partial charge is 0.355 e. The van der Waals surface area contributed by atoms with E-state index in [1.807, 2.05) is 48.5 Å². The first-order valence-corrected chi connectivity index (χ1v) is 7.09. The molecule has 0 aliphatic heterocycles. The van der Waals surface area contributed by atoms with Gasteiger partial charge in [-0.2, -0.15) is 0 Å². The van der Waals surface area contributed by atoms with Gasteiger partial charge < -0.3 is 9.47 Å². The van der Waals surface area contributed by atoms with Gasteiger partial charge in [-0.25, -0.2) is 0 Å². The molecular formula is C19H15O3+. The Morgan fingerprint density at radius 2 is 1.36 bits per heavy atom. The van der Waals surface area contributed by atoms with Crippen LogP contribution < -0.4 is 9.47 Å². The van der Waals surface area contributed by atoms with Crippen LogP contribution in [0.1, 0.15) is 11.1 Å². The van der Waals surface area contributed by atoms with Crippen molar-refractivity contribution in [1.29, 1.82) is 0 Å². The van der Waals surface area contributed by atoms with Crippen molar-refractivity contribution in [3.8, 4) is 22.6 Å².